The summed E-state index contributed by atoms with van der Waals surface area (Å²) in [5.74, 6) is 0.633. The monoisotopic (exact) mass is 358 g/mol. The minimum absolute atomic E-state index is 0.256. The summed E-state index contributed by atoms with van der Waals surface area (Å²) in [7, 11) is -0.400. The summed E-state index contributed by atoms with van der Waals surface area (Å²) in [5.41, 5.74) is 2.49. The number of rotatable bonds is 6. The molecule has 3 rings (SSSR count). The zero-order valence-electron chi connectivity index (χ0n) is 13.9. The lowest BCUT2D eigenvalue weighted by Gasteiger charge is -2.12. The molecule has 0 aliphatic heterocycles. The molecule has 8 heteroatoms. The van der Waals surface area contributed by atoms with Crippen molar-refractivity contribution in [1.29, 1.82) is 0 Å². The molecule has 0 atom stereocenters. The lowest BCUT2D eigenvalue weighted by atomic mass is 10.2. The molecule has 0 fully saturated rings. The van der Waals surface area contributed by atoms with E-state index in [0.717, 1.165) is 17.0 Å². The van der Waals surface area contributed by atoms with Gasteiger partial charge in [0.05, 0.1) is 22.5 Å². The third kappa shape index (κ3) is 3.86. The van der Waals surface area contributed by atoms with E-state index in [2.05, 4.69) is 15.2 Å². The average Bonchev–Trinajstić information content (AvgIpc) is 3.15. The van der Waals surface area contributed by atoms with Crippen LogP contribution < -0.4 is 4.74 Å². The second-order valence-corrected chi connectivity index (χ2v) is 7.72. The van der Waals surface area contributed by atoms with E-state index in [1.807, 2.05) is 18.2 Å². The number of pyridine rings is 1. The fourth-order valence-corrected chi connectivity index (χ4v) is 3.06. The summed E-state index contributed by atoms with van der Waals surface area (Å²) >= 11 is 0. The van der Waals surface area contributed by atoms with E-state index >= 15 is 0 Å². The number of benzene rings is 1. The summed E-state index contributed by atoms with van der Waals surface area (Å²) in [6.07, 6.45) is 3.31. The normalized spacial score (nSPS) is 11.6. The molecule has 7 nitrogen and oxygen atoms in total. The topological polar surface area (TPSA) is 88.2 Å². The standard InChI is InChI=1S/C17H18N4O3S/c1-21(2)25(22,23)15-6-3-13(4-7-15)12-24-14-5-8-16(18-11-14)17-9-10-19-20-17/h3-11H,12H2,1-2H3,(H,19,20). The van der Waals surface area contributed by atoms with Crippen molar-refractivity contribution in [3.05, 3.63) is 60.4 Å². The highest BCUT2D eigenvalue weighted by Gasteiger charge is 2.16. The molecule has 0 saturated heterocycles. The molecule has 0 bridgehead atoms. The number of nitrogens with one attached hydrogen (secondary N) is 1. The molecule has 25 heavy (non-hydrogen) atoms. The second kappa shape index (κ2) is 7.04. The van der Waals surface area contributed by atoms with Crippen LogP contribution in [-0.4, -0.2) is 42.0 Å². The Morgan fingerprint density at radius 1 is 1.08 bits per heavy atom. The van der Waals surface area contributed by atoms with Crippen LogP contribution >= 0.6 is 0 Å². The Labute approximate surface area is 146 Å². The van der Waals surface area contributed by atoms with Gasteiger partial charge in [0.15, 0.2) is 0 Å². The SMILES string of the molecule is CN(C)S(=O)(=O)c1ccc(COc2ccc(-c3ccn[nH]3)nc2)cc1. The Balaban J connectivity index is 1.64. The van der Waals surface area contributed by atoms with Gasteiger partial charge in [-0.25, -0.2) is 12.7 Å². The van der Waals surface area contributed by atoms with Crippen LogP contribution in [0.4, 0.5) is 0 Å². The summed E-state index contributed by atoms with van der Waals surface area (Å²) in [4.78, 5) is 4.57. The largest absolute Gasteiger partial charge is 0.487 e. The van der Waals surface area contributed by atoms with Crippen LogP contribution in [0.25, 0.3) is 11.4 Å². The van der Waals surface area contributed by atoms with Gasteiger partial charge in [-0.1, -0.05) is 12.1 Å². The minimum atomic E-state index is -3.41. The van der Waals surface area contributed by atoms with E-state index in [4.69, 9.17) is 4.74 Å². The van der Waals surface area contributed by atoms with Crippen molar-refractivity contribution >= 4 is 10.0 Å². The first-order valence-corrected chi connectivity index (χ1v) is 9.01. The van der Waals surface area contributed by atoms with Gasteiger partial charge >= 0.3 is 0 Å². The van der Waals surface area contributed by atoms with Crippen LogP contribution in [0.15, 0.2) is 59.8 Å². The van der Waals surface area contributed by atoms with Gasteiger partial charge in [0.1, 0.15) is 12.4 Å². The van der Waals surface area contributed by atoms with Gasteiger partial charge in [-0.15, -0.1) is 0 Å². The minimum Gasteiger partial charge on any atom is -0.487 e. The van der Waals surface area contributed by atoms with Crippen LogP contribution in [0, 0.1) is 0 Å². The fraction of sp³-hybridized carbons (Fsp3) is 0.176. The van der Waals surface area contributed by atoms with Crippen LogP contribution in [0.3, 0.4) is 0 Å². The van der Waals surface area contributed by atoms with Crippen molar-refractivity contribution in [1.82, 2.24) is 19.5 Å². The predicted octanol–water partition coefficient (Wildman–Crippen LogP) is 2.30. The zero-order valence-corrected chi connectivity index (χ0v) is 14.7. The van der Waals surface area contributed by atoms with Crippen molar-refractivity contribution in [2.45, 2.75) is 11.5 Å². The zero-order chi connectivity index (χ0) is 17.9. The first kappa shape index (κ1) is 17.1. The van der Waals surface area contributed by atoms with Crippen molar-refractivity contribution < 1.29 is 13.2 Å². The third-order valence-electron chi connectivity index (χ3n) is 3.62. The van der Waals surface area contributed by atoms with Crippen molar-refractivity contribution in [2.24, 2.45) is 0 Å². The number of H-pyrrole nitrogens is 1. The van der Waals surface area contributed by atoms with Gasteiger partial charge in [0.2, 0.25) is 10.0 Å². The third-order valence-corrected chi connectivity index (χ3v) is 5.45. The molecule has 130 valence electrons. The lowest BCUT2D eigenvalue weighted by Crippen LogP contribution is -2.22. The van der Waals surface area contributed by atoms with Gasteiger partial charge in [-0.3, -0.25) is 10.1 Å². The number of hydrogen-bond donors (Lipinski definition) is 1. The Hall–Kier alpha value is -2.71. The number of aromatic amines is 1. The van der Waals surface area contributed by atoms with Gasteiger partial charge in [0, 0.05) is 20.3 Å². The van der Waals surface area contributed by atoms with E-state index < -0.39 is 10.0 Å². The highest BCUT2D eigenvalue weighted by Crippen LogP contribution is 2.19. The Morgan fingerprint density at radius 3 is 2.40 bits per heavy atom. The van der Waals surface area contributed by atoms with Crippen molar-refractivity contribution in [3.63, 3.8) is 0 Å². The van der Waals surface area contributed by atoms with E-state index in [-0.39, 0.29) is 4.90 Å². The maximum Gasteiger partial charge on any atom is 0.242 e. The number of sulfonamides is 1. The molecule has 0 saturated carbocycles. The summed E-state index contributed by atoms with van der Waals surface area (Å²) in [6.45, 7) is 0.327. The molecule has 0 radical (unpaired) electrons. The number of ether oxygens (including phenoxy) is 1. The molecule has 3 aromatic rings. The number of nitrogens with zero attached hydrogens (tertiary/aromatic N) is 3. The Bertz CT molecular complexity index is 919. The van der Waals surface area contributed by atoms with Crippen LogP contribution in [-0.2, 0) is 16.6 Å². The molecule has 1 N–H and O–H groups in total. The van der Waals surface area contributed by atoms with Crippen molar-refractivity contribution in [3.8, 4) is 17.1 Å². The highest BCUT2D eigenvalue weighted by atomic mass is 32.2. The quantitative estimate of drug-likeness (QED) is 0.730. The molecular formula is C17H18N4O3S. The van der Waals surface area contributed by atoms with Crippen LogP contribution in [0.2, 0.25) is 0 Å². The average molecular weight is 358 g/mol. The van der Waals surface area contributed by atoms with Gasteiger partial charge in [-0.05, 0) is 35.9 Å². The number of hydrogen-bond acceptors (Lipinski definition) is 5. The number of aromatic nitrogens is 3. The highest BCUT2D eigenvalue weighted by molar-refractivity contribution is 7.89. The molecule has 0 aliphatic rings. The molecule has 0 amide bonds. The lowest BCUT2D eigenvalue weighted by molar-refractivity contribution is 0.305. The van der Waals surface area contributed by atoms with Gasteiger partial charge < -0.3 is 4.74 Å². The van der Waals surface area contributed by atoms with Gasteiger partial charge in [0.25, 0.3) is 0 Å². The molecule has 0 spiro atoms. The molecule has 0 aliphatic carbocycles. The van der Waals surface area contributed by atoms with E-state index in [1.54, 1.807) is 36.7 Å². The first-order valence-electron chi connectivity index (χ1n) is 7.57. The smallest absolute Gasteiger partial charge is 0.242 e. The second-order valence-electron chi connectivity index (χ2n) is 5.57. The fourth-order valence-electron chi connectivity index (χ4n) is 2.16. The summed E-state index contributed by atoms with van der Waals surface area (Å²) in [5, 5.41) is 6.74. The maximum atomic E-state index is 12.0. The summed E-state index contributed by atoms with van der Waals surface area (Å²) in [6, 6.07) is 12.1. The van der Waals surface area contributed by atoms with E-state index in [0.29, 0.717) is 12.4 Å². The maximum absolute atomic E-state index is 12.0. The first-order chi connectivity index (χ1) is 12.0. The van der Waals surface area contributed by atoms with Crippen molar-refractivity contribution in [2.75, 3.05) is 14.1 Å². The summed E-state index contributed by atoms with van der Waals surface area (Å²) < 4.78 is 30.9. The molecular weight excluding hydrogens is 340 g/mol. The van der Waals surface area contributed by atoms with E-state index in [9.17, 15) is 8.42 Å². The Kier molecular flexibility index (Phi) is 4.82. The van der Waals surface area contributed by atoms with Crippen LogP contribution in [0.5, 0.6) is 5.75 Å². The Morgan fingerprint density at radius 2 is 1.84 bits per heavy atom. The van der Waals surface area contributed by atoms with Gasteiger partial charge in [-0.2, -0.15) is 5.10 Å². The molecule has 0 unspecified atom stereocenters. The predicted molar refractivity (Wildman–Crippen MR) is 93.5 cm³/mol. The van der Waals surface area contributed by atoms with E-state index in [1.165, 1.54) is 18.4 Å². The molecule has 2 heterocycles. The molecule has 1 aromatic carbocycles. The molecule has 2 aromatic heterocycles. The van der Waals surface area contributed by atoms with Crippen LogP contribution in [0.1, 0.15) is 5.56 Å².